The Bertz CT molecular complexity index is 74.0. The molecule has 0 bridgehead atoms. The molecule has 6 heteroatoms. The smallest absolute Gasteiger partial charge is 0.100 e. The Hall–Kier alpha value is -0.240. The van der Waals surface area contributed by atoms with E-state index in [0.717, 1.165) is 5.92 Å². The monoisotopic (exact) mass is 260 g/mol. The highest BCUT2D eigenvalue weighted by Crippen LogP contribution is 2.02. The zero-order valence-corrected chi connectivity index (χ0v) is 11.5. The highest BCUT2D eigenvalue weighted by Gasteiger charge is 1.93. The molecule has 0 aromatic heterocycles. The van der Waals surface area contributed by atoms with Crippen LogP contribution in [-0.2, 0) is 0 Å². The fraction of sp³-hybridized carbons (Fsp3) is 1.00. The third-order valence-corrected chi connectivity index (χ3v) is 1.82. The molecule has 0 amide bonds. The van der Waals surface area contributed by atoms with Gasteiger partial charge in [-0.3, -0.25) is 0 Å². The van der Waals surface area contributed by atoms with Crippen LogP contribution in [0, 0.1) is 5.92 Å². The Labute approximate surface area is 105 Å². The van der Waals surface area contributed by atoms with Crippen LogP contribution >= 0.6 is 0 Å². The fourth-order valence-electron chi connectivity index (χ4n) is 0.346. The van der Waals surface area contributed by atoms with Gasteiger partial charge in [-0.15, -0.1) is 0 Å². The van der Waals surface area contributed by atoms with Gasteiger partial charge < -0.3 is 31.4 Å². The van der Waals surface area contributed by atoms with Crippen LogP contribution in [0.15, 0.2) is 0 Å². The van der Waals surface area contributed by atoms with E-state index < -0.39 is 6.10 Å². The first-order chi connectivity index (χ1) is 7.03. The Morgan fingerprint density at radius 1 is 0.824 bits per heavy atom. The lowest BCUT2D eigenvalue weighted by atomic mass is 10.1. The van der Waals surface area contributed by atoms with Gasteiger partial charge in [0.05, 0.1) is 13.2 Å². The lowest BCUT2D eigenvalue weighted by Gasteiger charge is -1.98. The van der Waals surface area contributed by atoms with Gasteiger partial charge in [0.2, 0.25) is 0 Å². The number of aliphatic hydroxyl groups is 4. The van der Waals surface area contributed by atoms with Crippen molar-refractivity contribution in [3.05, 3.63) is 0 Å². The minimum Gasteiger partial charge on any atom is -0.412 e. The average molecular weight is 260 g/mol. The van der Waals surface area contributed by atoms with Crippen molar-refractivity contribution in [1.82, 2.24) is 0 Å². The summed E-state index contributed by atoms with van der Waals surface area (Å²) in [5.41, 5.74) is 0. The second kappa shape index (κ2) is 29.7. The van der Waals surface area contributed by atoms with Crippen molar-refractivity contribution in [2.45, 2.75) is 46.6 Å². The van der Waals surface area contributed by atoms with E-state index in [-0.39, 0.29) is 30.8 Å². The van der Waals surface area contributed by atoms with E-state index in [2.05, 4.69) is 20.8 Å². The quantitative estimate of drug-likeness (QED) is 0.520. The third kappa shape index (κ3) is 49.6. The Balaban J connectivity index is -0.0000000421. The molecular formula is C11H32O6. The van der Waals surface area contributed by atoms with Crippen LogP contribution < -0.4 is 0 Å². The number of hydrogen-bond donors (Lipinski definition) is 4. The van der Waals surface area contributed by atoms with E-state index >= 15 is 0 Å². The van der Waals surface area contributed by atoms with Crippen LogP contribution in [0.2, 0.25) is 0 Å². The molecule has 0 spiro atoms. The molecule has 0 aromatic rings. The van der Waals surface area contributed by atoms with Crippen LogP contribution in [-0.4, -0.2) is 57.3 Å². The van der Waals surface area contributed by atoms with Crippen LogP contribution in [0.5, 0.6) is 0 Å². The van der Waals surface area contributed by atoms with Gasteiger partial charge in [0.25, 0.3) is 0 Å². The van der Waals surface area contributed by atoms with Gasteiger partial charge in [0, 0.05) is 6.61 Å². The second-order valence-corrected chi connectivity index (χ2v) is 3.26. The zero-order valence-electron chi connectivity index (χ0n) is 11.5. The van der Waals surface area contributed by atoms with Gasteiger partial charge in [0.1, 0.15) is 6.10 Å². The van der Waals surface area contributed by atoms with Gasteiger partial charge in [-0.05, 0) is 12.8 Å². The number of aliphatic hydroxyl groups excluding tert-OH is 4. The molecule has 0 saturated heterocycles. The molecule has 0 radical (unpaired) electrons. The maximum absolute atomic E-state index is 8.17. The lowest BCUT2D eigenvalue weighted by Crippen LogP contribution is -2.15. The Morgan fingerprint density at radius 2 is 1.06 bits per heavy atom. The molecule has 0 atom stereocenters. The minimum absolute atomic E-state index is 0. The molecule has 0 fully saturated rings. The van der Waals surface area contributed by atoms with Crippen molar-refractivity contribution in [3.8, 4) is 0 Å². The SMILES string of the molecule is CCC(C)CC.CCO.O.O.OCC(O)CO. The van der Waals surface area contributed by atoms with Gasteiger partial charge in [-0.25, -0.2) is 0 Å². The summed E-state index contributed by atoms with van der Waals surface area (Å²) in [6, 6.07) is 0. The Morgan fingerprint density at radius 3 is 1.06 bits per heavy atom. The molecule has 6 nitrogen and oxygen atoms in total. The maximum Gasteiger partial charge on any atom is 0.100 e. The van der Waals surface area contributed by atoms with Crippen LogP contribution in [0.3, 0.4) is 0 Å². The second-order valence-electron chi connectivity index (χ2n) is 3.26. The first-order valence-electron chi connectivity index (χ1n) is 5.54. The fourth-order valence-corrected chi connectivity index (χ4v) is 0.346. The van der Waals surface area contributed by atoms with E-state index in [1.165, 1.54) is 12.8 Å². The normalized spacial score (nSPS) is 8.12. The topological polar surface area (TPSA) is 144 Å². The van der Waals surface area contributed by atoms with Crippen molar-refractivity contribution in [2.75, 3.05) is 19.8 Å². The summed E-state index contributed by atoms with van der Waals surface area (Å²) in [4.78, 5) is 0. The molecule has 8 N–H and O–H groups in total. The van der Waals surface area contributed by atoms with Gasteiger partial charge >= 0.3 is 0 Å². The van der Waals surface area contributed by atoms with E-state index in [4.69, 9.17) is 20.4 Å². The number of rotatable bonds is 4. The van der Waals surface area contributed by atoms with Crippen molar-refractivity contribution < 1.29 is 31.4 Å². The van der Waals surface area contributed by atoms with E-state index in [1.54, 1.807) is 6.92 Å². The van der Waals surface area contributed by atoms with Crippen LogP contribution in [0.1, 0.15) is 40.5 Å². The Kier molecular flexibility index (Phi) is 52.5. The van der Waals surface area contributed by atoms with Gasteiger partial charge in [-0.2, -0.15) is 0 Å². The predicted octanol–water partition coefficient (Wildman–Crippen LogP) is -0.876. The lowest BCUT2D eigenvalue weighted by molar-refractivity contribution is 0.0450. The molecule has 0 aromatic carbocycles. The van der Waals surface area contributed by atoms with Crippen LogP contribution in [0.4, 0.5) is 0 Å². The molecule has 112 valence electrons. The number of hydrogen-bond acceptors (Lipinski definition) is 4. The standard InChI is InChI=1S/C6H14.C3H8O3.C2H6O.2H2O/c1-4-6(3)5-2;4-1-3(6)2-5;1-2-3;;/h6H,4-5H2,1-3H3;3-6H,1-2H2;3H,2H2,1H3;2*1H2. The molecule has 0 saturated carbocycles. The van der Waals surface area contributed by atoms with Crippen molar-refractivity contribution in [1.29, 1.82) is 0 Å². The van der Waals surface area contributed by atoms with E-state index in [1.807, 2.05) is 0 Å². The van der Waals surface area contributed by atoms with Crippen molar-refractivity contribution >= 4 is 0 Å². The van der Waals surface area contributed by atoms with Crippen molar-refractivity contribution in [2.24, 2.45) is 5.92 Å². The van der Waals surface area contributed by atoms with Crippen LogP contribution in [0.25, 0.3) is 0 Å². The first kappa shape index (κ1) is 30.1. The minimum atomic E-state index is -0.954. The molecule has 0 aliphatic carbocycles. The largest absolute Gasteiger partial charge is 0.412 e. The summed E-state index contributed by atoms with van der Waals surface area (Å²) in [5, 5.41) is 31.6. The van der Waals surface area contributed by atoms with Gasteiger partial charge in [0.15, 0.2) is 0 Å². The molecule has 0 unspecified atom stereocenters. The zero-order chi connectivity index (χ0) is 12.7. The summed E-state index contributed by atoms with van der Waals surface area (Å²) >= 11 is 0. The third-order valence-electron chi connectivity index (χ3n) is 1.82. The molecule has 0 rings (SSSR count). The summed E-state index contributed by atoms with van der Waals surface area (Å²) in [6.45, 7) is 7.94. The highest BCUT2D eigenvalue weighted by molar-refractivity contribution is 4.44. The van der Waals surface area contributed by atoms with E-state index in [0.29, 0.717) is 0 Å². The summed E-state index contributed by atoms with van der Waals surface area (Å²) < 4.78 is 0. The van der Waals surface area contributed by atoms with Crippen molar-refractivity contribution in [3.63, 3.8) is 0 Å². The highest BCUT2D eigenvalue weighted by atomic mass is 16.3. The predicted molar refractivity (Wildman–Crippen MR) is 69.9 cm³/mol. The van der Waals surface area contributed by atoms with E-state index in [9.17, 15) is 0 Å². The molecule has 0 aliphatic rings. The molecule has 0 heterocycles. The molecule has 0 aliphatic heterocycles. The van der Waals surface area contributed by atoms with Gasteiger partial charge in [-0.1, -0.05) is 33.6 Å². The average Bonchev–Trinajstić information content (AvgIpc) is 2.28. The summed E-state index contributed by atoms with van der Waals surface area (Å²) in [5.74, 6) is 0.935. The molecular weight excluding hydrogens is 228 g/mol. The summed E-state index contributed by atoms with van der Waals surface area (Å²) in [7, 11) is 0. The summed E-state index contributed by atoms with van der Waals surface area (Å²) in [6.07, 6.45) is 1.71. The molecule has 17 heavy (non-hydrogen) atoms. The maximum atomic E-state index is 8.17. The first-order valence-corrected chi connectivity index (χ1v) is 5.54.